The van der Waals surface area contributed by atoms with Crippen molar-refractivity contribution in [3.8, 4) is 11.1 Å². The monoisotopic (exact) mass is 364 g/mol. The minimum atomic E-state index is -0.922. The van der Waals surface area contributed by atoms with E-state index in [4.69, 9.17) is 0 Å². The van der Waals surface area contributed by atoms with Gasteiger partial charge in [0.25, 0.3) is 5.91 Å². The van der Waals surface area contributed by atoms with Crippen molar-refractivity contribution >= 4 is 17.2 Å². The molecule has 4 aromatic rings. The lowest BCUT2D eigenvalue weighted by Crippen LogP contribution is -2.16. The normalized spacial score (nSPS) is 10.9. The standard InChI is InChI=1S/C20H14F2N4O/c1-12-11-26-14(7-8-24-26)9-15(12)13-5-6-18(23-10-13)25-20(27)19-16(21)3-2-4-17(19)22/h2-11H,1H3,(H,23,25,27). The van der Waals surface area contributed by atoms with Gasteiger partial charge in [-0.25, -0.2) is 18.3 Å². The first-order valence-electron chi connectivity index (χ1n) is 8.19. The Morgan fingerprint density at radius 1 is 1.11 bits per heavy atom. The zero-order valence-corrected chi connectivity index (χ0v) is 14.3. The molecule has 0 fully saturated rings. The van der Waals surface area contributed by atoms with Crippen LogP contribution >= 0.6 is 0 Å². The molecule has 0 saturated heterocycles. The fourth-order valence-electron chi connectivity index (χ4n) is 2.89. The summed E-state index contributed by atoms with van der Waals surface area (Å²) in [7, 11) is 0. The molecule has 0 unspecified atom stereocenters. The number of carbonyl (C=O) groups is 1. The summed E-state index contributed by atoms with van der Waals surface area (Å²) < 4.78 is 29.2. The smallest absolute Gasteiger partial charge is 0.262 e. The number of pyridine rings is 2. The average Bonchev–Trinajstić information content (AvgIpc) is 3.09. The lowest BCUT2D eigenvalue weighted by atomic mass is 10.0. The van der Waals surface area contributed by atoms with Crippen LogP contribution in [0.3, 0.4) is 0 Å². The highest BCUT2D eigenvalue weighted by molar-refractivity contribution is 6.04. The van der Waals surface area contributed by atoms with Gasteiger partial charge in [0, 0.05) is 24.2 Å². The van der Waals surface area contributed by atoms with E-state index in [1.54, 1.807) is 29.0 Å². The Morgan fingerprint density at radius 3 is 2.59 bits per heavy atom. The lowest BCUT2D eigenvalue weighted by molar-refractivity contribution is 0.101. The topological polar surface area (TPSA) is 59.3 Å². The summed E-state index contributed by atoms with van der Waals surface area (Å²) in [5.41, 5.74) is 3.16. The van der Waals surface area contributed by atoms with E-state index in [0.29, 0.717) is 0 Å². The maximum absolute atomic E-state index is 13.7. The van der Waals surface area contributed by atoms with Crippen LogP contribution in [0.4, 0.5) is 14.6 Å². The third-order valence-electron chi connectivity index (χ3n) is 4.24. The van der Waals surface area contributed by atoms with Crippen molar-refractivity contribution in [1.82, 2.24) is 14.6 Å². The van der Waals surface area contributed by atoms with Crippen molar-refractivity contribution < 1.29 is 13.6 Å². The SMILES string of the molecule is Cc1cn2nccc2cc1-c1ccc(NC(=O)c2c(F)cccc2F)nc1. The van der Waals surface area contributed by atoms with Crippen LogP contribution in [0.1, 0.15) is 15.9 Å². The number of hydrogen-bond donors (Lipinski definition) is 1. The first-order chi connectivity index (χ1) is 13.0. The molecule has 0 aliphatic carbocycles. The van der Waals surface area contributed by atoms with Crippen LogP contribution in [0.15, 0.2) is 61.1 Å². The molecule has 5 nitrogen and oxygen atoms in total. The maximum atomic E-state index is 13.7. The first kappa shape index (κ1) is 16.8. The summed E-state index contributed by atoms with van der Waals surface area (Å²) in [6.45, 7) is 1.97. The first-order valence-corrected chi connectivity index (χ1v) is 8.19. The van der Waals surface area contributed by atoms with Crippen molar-refractivity contribution in [1.29, 1.82) is 0 Å². The van der Waals surface area contributed by atoms with E-state index in [1.165, 1.54) is 6.07 Å². The number of nitrogens with zero attached hydrogens (tertiary/aromatic N) is 3. The Morgan fingerprint density at radius 2 is 1.89 bits per heavy atom. The number of amides is 1. The molecule has 0 atom stereocenters. The minimum absolute atomic E-state index is 0.203. The molecule has 3 aromatic heterocycles. The number of aryl methyl sites for hydroxylation is 1. The van der Waals surface area contributed by atoms with E-state index in [1.807, 2.05) is 25.3 Å². The molecule has 4 rings (SSSR count). The highest BCUT2D eigenvalue weighted by Gasteiger charge is 2.17. The van der Waals surface area contributed by atoms with Gasteiger partial charge in [-0.05, 0) is 54.4 Å². The van der Waals surface area contributed by atoms with Gasteiger partial charge in [-0.15, -0.1) is 0 Å². The predicted octanol–water partition coefficient (Wildman–Crippen LogP) is 4.24. The average molecular weight is 364 g/mol. The predicted molar refractivity (Wildman–Crippen MR) is 97.5 cm³/mol. The van der Waals surface area contributed by atoms with Gasteiger partial charge in [0.1, 0.15) is 23.0 Å². The zero-order chi connectivity index (χ0) is 19.0. The number of nitrogens with one attached hydrogen (secondary N) is 1. The summed E-state index contributed by atoms with van der Waals surface area (Å²) >= 11 is 0. The quantitative estimate of drug-likeness (QED) is 0.592. The Balaban J connectivity index is 1.60. The molecule has 1 aromatic carbocycles. The molecule has 134 valence electrons. The number of fused-ring (bicyclic) bond motifs is 1. The number of rotatable bonds is 3. The molecule has 7 heteroatoms. The summed E-state index contributed by atoms with van der Waals surface area (Å²) in [4.78, 5) is 16.3. The molecule has 0 spiro atoms. The molecular formula is C20H14F2N4O. The number of benzene rings is 1. The second kappa shape index (κ2) is 6.60. The number of anilines is 1. The Hall–Kier alpha value is -3.61. The summed E-state index contributed by atoms with van der Waals surface area (Å²) in [5.74, 6) is -2.53. The highest BCUT2D eigenvalue weighted by atomic mass is 19.1. The minimum Gasteiger partial charge on any atom is -0.306 e. The highest BCUT2D eigenvalue weighted by Crippen LogP contribution is 2.25. The van der Waals surface area contributed by atoms with Crippen LogP contribution in [-0.4, -0.2) is 20.5 Å². The van der Waals surface area contributed by atoms with Gasteiger partial charge in [-0.2, -0.15) is 5.10 Å². The molecular weight excluding hydrogens is 350 g/mol. The molecule has 0 bridgehead atoms. The van der Waals surface area contributed by atoms with Gasteiger partial charge < -0.3 is 5.32 Å². The van der Waals surface area contributed by atoms with Crippen LogP contribution in [-0.2, 0) is 0 Å². The van der Waals surface area contributed by atoms with Crippen molar-refractivity contribution in [2.45, 2.75) is 6.92 Å². The van der Waals surface area contributed by atoms with Gasteiger partial charge in [-0.1, -0.05) is 6.07 Å². The van der Waals surface area contributed by atoms with E-state index < -0.39 is 23.1 Å². The van der Waals surface area contributed by atoms with Crippen LogP contribution in [0.2, 0.25) is 0 Å². The molecule has 1 N–H and O–H groups in total. The fourth-order valence-corrected chi connectivity index (χ4v) is 2.89. The molecule has 3 heterocycles. The van der Waals surface area contributed by atoms with Gasteiger partial charge in [0.15, 0.2) is 0 Å². The Bertz CT molecular complexity index is 1130. The molecule has 0 radical (unpaired) electrons. The van der Waals surface area contributed by atoms with Crippen molar-refractivity contribution in [3.63, 3.8) is 0 Å². The number of hydrogen-bond acceptors (Lipinski definition) is 3. The van der Waals surface area contributed by atoms with Crippen molar-refractivity contribution in [3.05, 3.63) is 83.8 Å². The molecule has 27 heavy (non-hydrogen) atoms. The van der Waals surface area contributed by atoms with Gasteiger partial charge >= 0.3 is 0 Å². The van der Waals surface area contributed by atoms with Crippen LogP contribution < -0.4 is 5.32 Å². The van der Waals surface area contributed by atoms with Crippen LogP contribution in [0.25, 0.3) is 16.6 Å². The molecule has 0 aliphatic heterocycles. The maximum Gasteiger partial charge on any atom is 0.262 e. The summed E-state index contributed by atoms with van der Waals surface area (Å²) in [6, 6.07) is 10.5. The number of aromatic nitrogens is 3. The van der Waals surface area contributed by atoms with E-state index in [-0.39, 0.29) is 5.82 Å². The van der Waals surface area contributed by atoms with Crippen LogP contribution in [0, 0.1) is 18.6 Å². The van der Waals surface area contributed by atoms with Crippen LogP contribution in [0.5, 0.6) is 0 Å². The number of halogens is 2. The van der Waals surface area contributed by atoms with Crippen molar-refractivity contribution in [2.24, 2.45) is 0 Å². The van der Waals surface area contributed by atoms with E-state index in [9.17, 15) is 13.6 Å². The Labute approximate surface area is 153 Å². The second-order valence-corrected chi connectivity index (χ2v) is 6.05. The van der Waals surface area contributed by atoms with E-state index in [2.05, 4.69) is 15.4 Å². The fraction of sp³-hybridized carbons (Fsp3) is 0.0500. The van der Waals surface area contributed by atoms with E-state index >= 15 is 0 Å². The van der Waals surface area contributed by atoms with Gasteiger partial charge in [0.05, 0.1) is 5.52 Å². The summed E-state index contributed by atoms with van der Waals surface area (Å²) in [6.07, 6.45) is 5.24. The van der Waals surface area contributed by atoms with E-state index in [0.717, 1.165) is 34.3 Å². The van der Waals surface area contributed by atoms with Gasteiger partial charge in [-0.3, -0.25) is 4.79 Å². The Kier molecular flexibility index (Phi) is 4.12. The third-order valence-corrected chi connectivity index (χ3v) is 4.24. The van der Waals surface area contributed by atoms with Gasteiger partial charge in [0.2, 0.25) is 0 Å². The second-order valence-electron chi connectivity index (χ2n) is 6.05. The van der Waals surface area contributed by atoms with Crippen molar-refractivity contribution in [2.75, 3.05) is 5.32 Å². The lowest BCUT2D eigenvalue weighted by Gasteiger charge is -2.09. The third kappa shape index (κ3) is 3.15. The molecule has 0 saturated carbocycles. The summed E-state index contributed by atoms with van der Waals surface area (Å²) in [5, 5.41) is 6.61. The number of carbonyl (C=O) groups excluding carboxylic acids is 1. The molecule has 1 amide bonds. The zero-order valence-electron chi connectivity index (χ0n) is 14.3. The largest absolute Gasteiger partial charge is 0.306 e. The molecule has 0 aliphatic rings.